The molecule has 0 atom stereocenters. The molecule has 0 aliphatic rings. The molecule has 2 aromatic heterocycles. The second kappa shape index (κ2) is 8.53. The largest absolute Gasteiger partial charge is 0.484 e. The van der Waals surface area contributed by atoms with Gasteiger partial charge in [0.15, 0.2) is 11.6 Å². The summed E-state index contributed by atoms with van der Waals surface area (Å²) in [6, 6.07) is 18.9. The molecule has 148 valence electrons. The second-order valence-electron chi connectivity index (χ2n) is 6.57. The first kappa shape index (κ1) is 19.3. The molecule has 0 aliphatic heterocycles. The van der Waals surface area contributed by atoms with E-state index in [0.717, 1.165) is 17.0 Å². The molecule has 2 heterocycles. The number of rotatable bonds is 6. The number of ether oxygens (including phenoxy) is 1. The topological polar surface area (TPSA) is 72.3 Å². The van der Waals surface area contributed by atoms with Gasteiger partial charge in [0.05, 0.1) is 16.8 Å². The van der Waals surface area contributed by atoms with Crippen LogP contribution in [-0.2, 0) is 11.4 Å². The van der Waals surface area contributed by atoms with Crippen LogP contribution in [0.3, 0.4) is 0 Å². The molecule has 0 bridgehead atoms. The van der Waals surface area contributed by atoms with Crippen molar-refractivity contribution in [1.29, 1.82) is 0 Å². The van der Waals surface area contributed by atoms with E-state index in [4.69, 9.17) is 4.74 Å². The van der Waals surface area contributed by atoms with Crippen LogP contribution in [-0.4, -0.2) is 21.0 Å². The van der Waals surface area contributed by atoms with Gasteiger partial charge in [-0.1, -0.05) is 30.3 Å². The SMILES string of the molecule is O=C(O)/C(=C/c1ccncc1)c1ccc(OCc2ccc3ccccc3n2)c(F)c1. The number of hydrogen-bond donors (Lipinski definition) is 1. The van der Waals surface area contributed by atoms with Gasteiger partial charge < -0.3 is 9.84 Å². The first-order valence-electron chi connectivity index (χ1n) is 9.22. The maximum atomic E-state index is 14.6. The Balaban J connectivity index is 1.54. The molecule has 5 nitrogen and oxygen atoms in total. The monoisotopic (exact) mass is 400 g/mol. The highest BCUT2D eigenvalue weighted by molar-refractivity contribution is 6.20. The average Bonchev–Trinajstić information content (AvgIpc) is 2.77. The van der Waals surface area contributed by atoms with Crippen LogP contribution in [0.4, 0.5) is 4.39 Å². The zero-order valence-corrected chi connectivity index (χ0v) is 15.8. The van der Waals surface area contributed by atoms with E-state index in [1.807, 2.05) is 36.4 Å². The maximum absolute atomic E-state index is 14.6. The molecule has 0 spiro atoms. The highest BCUT2D eigenvalue weighted by Gasteiger charge is 2.14. The van der Waals surface area contributed by atoms with Gasteiger partial charge in [-0.05, 0) is 53.6 Å². The number of benzene rings is 2. The molecule has 0 aliphatic carbocycles. The molecule has 0 unspecified atom stereocenters. The summed E-state index contributed by atoms with van der Waals surface area (Å²) < 4.78 is 20.2. The molecule has 0 saturated heterocycles. The van der Waals surface area contributed by atoms with Crippen molar-refractivity contribution in [2.45, 2.75) is 6.61 Å². The number of halogens is 1. The van der Waals surface area contributed by atoms with Gasteiger partial charge in [0, 0.05) is 17.8 Å². The quantitative estimate of drug-likeness (QED) is 0.463. The van der Waals surface area contributed by atoms with Gasteiger partial charge in [0.25, 0.3) is 0 Å². The smallest absolute Gasteiger partial charge is 0.336 e. The molecular weight excluding hydrogens is 383 g/mol. The number of carbonyl (C=O) groups is 1. The third kappa shape index (κ3) is 4.33. The minimum absolute atomic E-state index is 0.0251. The fraction of sp³-hybridized carbons (Fsp3) is 0.0417. The summed E-state index contributed by atoms with van der Waals surface area (Å²) in [5, 5.41) is 10.6. The Morgan fingerprint density at radius 3 is 2.60 bits per heavy atom. The first-order valence-corrected chi connectivity index (χ1v) is 9.22. The summed E-state index contributed by atoms with van der Waals surface area (Å²) in [5.74, 6) is -1.77. The zero-order valence-electron chi connectivity index (χ0n) is 15.8. The molecule has 0 radical (unpaired) electrons. The molecule has 0 saturated carbocycles. The summed E-state index contributed by atoms with van der Waals surface area (Å²) in [6.45, 7) is 0.0970. The van der Waals surface area contributed by atoms with E-state index in [0.29, 0.717) is 11.3 Å². The Morgan fingerprint density at radius 2 is 1.83 bits per heavy atom. The van der Waals surface area contributed by atoms with Gasteiger partial charge >= 0.3 is 5.97 Å². The van der Waals surface area contributed by atoms with Crippen molar-refractivity contribution in [3.05, 3.63) is 102 Å². The first-order chi connectivity index (χ1) is 14.6. The van der Waals surface area contributed by atoms with Crippen molar-refractivity contribution in [2.24, 2.45) is 0 Å². The van der Waals surface area contributed by atoms with Crippen molar-refractivity contribution in [2.75, 3.05) is 0 Å². The van der Waals surface area contributed by atoms with Gasteiger partial charge in [-0.25, -0.2) is 14.2 Å². The van der Waals surface area contributed by atoms with E-state index >= 15 is 0 Å². The van der Waals surface area contributed by atoms with Crippen LogP contribution in [0.25, 0.3) is 22.6 Å². The Morgan fingerprint density at radius 1 is 1.03 bits per heavy atom. The molecule has 1 N–H and O–H groups in total. The molecule has 0 amide bonds. The minimum Gasteiger partial charge on any atom is -0.484 e. The van der Waals surface area contributed by atoms with Crippen molar-refractivity contribution >= 4 is 28.5 Å². The van der Waals surface area contributed by atoms with Gasteiger partial charge in [-0.15, -0.1) is 0 Å². The lowest BCUT2D eigenvalue weighted by Crippen LogP contribution is -2.03. The molecule has 4 aromatic rings. The predicted octanol–water partition coefficient (Wildman–Crippen LogP) is 4.97. The summed E-state index contributed by atoms with van der Waals surface area (Å²) in [4.78, 5) is 20.1. The zero-order chi connectivity index (χ0) is 20.9. The van der Waals surface area contributed by atoms with Gasteiger partial charge in [0.2, 0.25) is 0 Å². The number of pyridine rings is 2. The summed E-state index contributed by atoms with van der Waals surface area (Å²) in [5.41, 5.74) is 2.38. The lowest BCUT2D eigenvalue weighted by atomic mass is 10.0. The Kier molecular flexibility index (Phi) is 5.48. The third-order valence-electron chi connectivity index (χ3n) is 4.52. The molecule has 0 fully saturated rings. The highest BCUT2D eigenvalue weighted by Crippen LogP contribution is 2.25. The fourth-order valence-corrected chi connectivity index (χ4v) is 3.02. The number of carboxylic acids is 1. The van der Waals surface area contributed by atoms with Gasteiger partial charge in [-0.3, -0.25) is 4.98 Å². The molecule has 6 heteroatoms. The van der Waals surface area contributed by atoms with Crippen molar-refractivity contribution in [3.8, 4) is 5.75 Å². The van der Waals surface area contributed by atoms with Crippen LogP contribution in [0.2, 0.25) is 0 Å². The van der Waals surface area contributed by atoms with Crippen LogP contribution >= 0.6 is 0 Å². The minimum atomic E-state index is -1.15. The van der Waals surface area contributed by atoms with E-state index in [-0.39, 0.29) is 23.5 Å². The average molecular weight is 400 g/mol. The Labute approximate surface area is 172 Å². The van der Waals surface area contributed by atoms with Gasteiger partial charge in [-0.2, -0.15) is 0 Å². The Hall–Kier alpha value is -4.06. The summed E-state index contributed by atoms with van der Waals surface area (Å²) in [7, 11) is 0. The Bertz CT molecular complexity index is 1240. The summed E-state index contributed by atoms with van der Waals surface area (Å²) in [6.07, 6.45) is 4.59. The van der Waals surface area contributed by atoms with Crippen LogP contribution in [0.15, 0.2) is 79.1 Å². The summed E-state index contributed by atoms with van der Waals surface area (Å²) >= 11 is 0. The second-order valence-corrected chi connectivity index (χ2v) is 6.57. The van der Waals surface area contributed by atoms with Crippen molar-refractivity contribution in [1.82, 2.24) is 9.97 Å². The predicted molar refractivity (Wildman–Crippen MR) is 112 cm³/mol. The van der Waals surface area contributed by atoms with E-state index < -0.39 is 11.8 Å². The lowest BCUT2D eigenvalue weighted by molar-refractivity contribution is -0.130. The number of fused-ring (bicyclic) bond motifs is 1. The number of aromatic nitrogens is 2. The molecular formula is C24H17FN2O3. The third-order valence-corrected chi connectivity index (χ3v) is 4.52. The van der Waals surface area contributed by atoms with E-state index in [1.54, 1.807) is 24.5 Å². The maximum Gasteiger partial charge on any atom is 0.336 e. The molecule has 30 heavy (non-hydrogen) atoms. The van der Waals surface area contributed by atoms with E-state index in [9.17, 15) is 14.3 Å². The number of hydrogen-bond acceptors (Lipinski definition) is 4. The molecule has 2 aromatic carbocycles. The number of para-hydroxylation sites is 1. The van der Waals surface area contributed by atoms with E-state index in [1.165, 1.54) is 18.2 Å². The van der Waals surface area contributed by atoms with Crippen LogP contribution in [0.5, 0.6) is 5.75 Å². The fourth-order valence-electron chi connectivity index (χ4n) is 3.02. The number of nitrogens with zero attached hydrogens (tertiary/aromatic N) is 2. The van der Waals surface area contributed by atoms with Crippen molar-refractivity contribution in [3.63, 3.8) is 0 Å². The van der Waals surface area contributed by atoms with Crippen LogP contribution in [0.1, 0.15) is 16.8 Å². The standard InChI is InChI=1S/C24H17FN2O3/c25-21-14-18(20(24(28)29)13-16-9-11-26-12-10-16)6-8-23(21)30-15-19-7-5-17-3-1-2-4-22(17)27-19/h1-14H,15H2,(H,28,29)/b20-13+. The van der Waals surface area contributed by atoms with Gasteiger partial charge in [0.1, 0.15) is 6.61 Å². The highest BCUT2D eigenvalue weighted by atomic mass is 19.1. The van der Waals surface area contributed by atoms with Crippen molar-refractivity contribution < 1.29 is 19.0 Å². The molecule has 4 rings (SSSR count). The van der Waals surface area contributed by atoms with Crippen LogP contribution < -0.4 is 4.74 Å². The number of aliphatic carboxylic acids is 1. The normalized spacial score (nSPS) is 11.4. The number of carboxylic acid groups (broad SMARTS) is 1. The van der Waals surface area contributed by atoms with Crippen LogP contribution in [0, 0.1) is 5.82 Å². The van der Waals surface area contributed by atoms with E-state index in [2.05, 4.69) is 9.97 Å². The lowest BCUT2D eigenvalue weighted by Gasteiger charge is -2.10.